The van der Waals surface area contributed by atoms with Crippen LogP contribution in [0.4, 0.5) is 4.39 Å². The molecule has 1 heterocycles. The van der Waals surface area contributed by atoms with Gasteiger partial charge in [-0.3, -0.25) is 5.41 Å². The molecular weight excluding hydrogens is 285 g/mol. The molecule has 0 unspecified atom stereocenters. The van der Waals surface area contributed by atoms with Gasteiger partial charge in [0.1, 0.15) is 16.7 Å². The number of aromatic nitrogens is 1. The van der Waals surface area contributed by atoms with Crippen molar-refractivity contribution in [1.82, 2.24) is 4.98 Å². The average molecular weight is 301 g/mol. The first-order chi connectivity index (χ1) is 10.1. The molecule has 21 heavy (non-hydrogen) atoms. The predicted molar refractivity (Wildman–Crippen MR) is 82.4 cm³/mol. The second kappa shape index (κ2) is 5.85. The topological polar surface area (TPSA) is 62.8 Å². The summed E-state index contributed by atoms with van der Waals surface area (Å²) in [4.78, 5) is 5.44. The van der Waals surface area contributed by atoms with Crippen molar-refractivity contribution in [3.63, 3.8) is 0 Å². The summed E-state index contributed by atoms with van der Waals surface area (Å²) in [5, 5.41) is 8.44. The van der Waals surface area contributed by atoms with Crippen LogP contribution in [0.2, 0.25) is 0 Å². The Kier molecular flexibility index (Phi) is 3.92. The third-order valence-corrected chi connectivity index (χ3v) is 4.56. The van der Waals surface area contributed by atoms with Gasteiger partial charge in [0, 0.05) is 16.2 Å². The van der Waals surface area contributed by atoms with Crippen molar-refractivity contribution in [1.29, 1.82) is 5.41 Å². The van der Waals surface area contributed by atoms with E-state index in [4.69, 9.17) is 11.1 Å². The van der Waals surface area contributed by atoms with Gasteiger partial charge in [-0.2, -0.15) is 0 Å². The van der Waals surface area contributed by atoms with Crippen LogP contribution in [0, 0.1) is 11.2 Å². The number of nitrogen functional groups attached to an aromatic ring is 1. The van der Waals surface area contributed by atoms with Crippen molar-refractivity contribution in [3.8, 4) is 0 Å². The molecule has 0 aliphatic heterocycles. The van der Waals surface area contributed by atoms with Gasteiger partial charge in [-0.25, -0.2) is 9.37 Å². The van der Waals surface area contributed by atoms with Crippen LogP contribution in [-0.2, 0) is 12.8 Å². The Labute approximate surface area is 127 Å². The molecule has 0 fully saturated rings. The molecule has 1 aromatic carbocycles. The minimum atomic E-state index is -0.276. The zero-order valence-electron chi connectivity index (χ0n) is 11.5. The lowest BCUT2D eigenvalue weighted by atomic mass is 9.95. The maximum Gasteiger partial charge on any atom is 0.125 e. The highest BCUT2D eigenvalue weighted by Crippen LogP contribution is 2.32. The van der Waals surface area contributed by atoms with Gasteiger partial charge in [0.05, 0.1) is 0 Å². The number of benzene rings is 1. The van der Waals surface area contributed by atoms with Gasteiger partial charge in [-0.1, -0.05) is 17.8 Å². The number of pyridine rings is 1. The zero-order valence-corrected chi connectivity index (χ0v) is 12.3. The van der Waals surface area contributed by atoms with Crippen molar-refractivity contribution >= 4 is 17.6 Å². The maximum atomic E-state index is 13.3. The van der Waals surface area contributed by atoms with Crippen LogP contribution in [0.25, 0.3) is 0 Å². The van der Waals surface area contributed by atoms with Gasteiger partial charge in [-0.15, -0.1) is 0 Å². The zero-order chi connectivity index (χ0) is 14.8. The molecule has 0 bridgehead atoms. The molecule has 0 atom stereocenters. The second-order valence-corrected chi connectivity index (χ2v) is 6.19. The highest BCUT2D eigenvalue weighted by molar-refractivity contribution is 7.99. The number of halogens is 1. The number of nitrogens with one attached hydrogen (secondary N) is 1. The van der Waals surface area contributed by atoms with E-state index in [1.165, 1.54) is 29.5 Å². The second-order valence-electron chi connectivity index (χ2n) is 5.13. The fourth-order valence-electron chi connectivity index (χ4n) is 2.53. The fourth-order valence-corrected chi connectivity index (χ4v) is 3.50. The van der Waals surface area contributed by atoms with Gasteiger partial charge in [0.25, 0.3) is 0 Å². The van der Waals surface area contributed by atoms with E-state index < -0.39 is 0 Å². The summed E-state index contributed by atoms with van der Waals surface area (Å²) >= 11 is 1.36. The first-order valence-corrected chi connectivity index (χ1v) is 7.76. The van der Waals surface area contributed by atoms with Crippen molar-refractivity contribution in [2.75, 3.05) is 0 Å². The lowest BCUT2D eigenvalue weighted by Crippen LogP contribution is -2.16. The molecule has 1 aliphatic carbocycles. The summed E-state index contributed by atoms with van der Waals surface area (Å²) < 4.78 is 13.3. The van der Waals surface area contributed by atoms with E-state index in [1.807, 2.05) is 12.1 Å². The van der Waals surface area contributed by atoms with E-state index in [2.05, 4.69) is 4.98 Å². The Morgan fingerprint density at radius 2 is 2.05 bits per heavy atom. The summed E-state index contributed by atoms with van der Waals surface area (Å²) in [6, 6.07) is 8.36. The molecule has 5 heteroatoms. The molecule has 108 valence electrons. The molecule has 1 aliphatic rings. The number of rotatable bonds is 3. The lowest BCUT2D eigenvalue weighted by Gasteiger charge is -2.18. The third-order valence-electron chi connectivity index (χ3n) is 3.57. The number of hydrogen-bond acceptors (Lipinski definition) is 3. The monoisotopic (exact) mass is 301 g/mol. The third kappa shape index (κ3) is 3.08. The molecular formula is C16H16FN3S. The lowest BCUT2D eigenvalue weighted by molar-refractivity contribution is 0.624. The fraction of sp³-hybridized carbons (Fsp3) is 0.250. The van der Waals surface area contributed by atoms with Gasteiger partial charge in [-0.05, 0) is 55.5 Å². The van der Waals surface area contributed by atoms with Crippen molar-refractivity contribution < 1.29 is 4.39 Å². The Morgan fingerprint density at radius 3 is 2.81 bits per heavy atom. The quantitative estimate of drug-likeness (QED) is 0.673. The molecule has 0 amide bonds. The standard InChI is InChI=1S/C16H16FN3S/c17-11-5-3-6-12(9-11)21-16-13(15(18)19)8-10-4-1-2-7-14(10)20-16/h3,5-6,8-9H,1-2,4,7H2,(H3,18,19). The largest absolute Gasteiger partial charge is 0.384 e. The van der Waals surface area contributed by atoms with E-state index in [9.17, 15) is 4.39 Å². The van der Waals surface area contributed by atoms with Gasteiger partial charge in [0.2, 0.25) is 0 Å². The van der Waals surface area contributed by atoms with Crippen LogP contribution in [0.1, 0.15) is 29.7 Å². The van der Waals surface area contributed by atoms with Crippen LogP contribution in [0.15, 0.2) is 40.3 Å². The number of hydrogen-bond donors (Lipinski definition) is 2. The number of amidine groups is 1. The summed E-state index contributed by atoms with van der Waals surface area (Å²) in [6.45, 7) is 0. The highest BCUT2D eigenvalue weighted by Gasteiger charge is 2.17. The number of fused-ring (bicyclic) bond motifs is 1. The predicted octanol–water partition coefficient (Wildman–Crippen LogP) is 3.53. The smallest absolute Gasteiger partial charge is 0.125 e. The van der Waals surface area contributed by atoms with Crippen LogP contribution >= 0.6 is 11.8 Å². The first-order valence-electron chi connectivity index (χ1n) is 6.94. The molecule has 0 spiro atoms. The minimum Gasteiger partial charge on any atom is -0.384 e. The normalized spacial score (nSPS) is 13.8. The SMILES string of the molecule is N=C(N)c1cc2c(nc1Sc1cccc(F)c1)CCCC2. The molecule has 0 saturated heterocycles. The van der Waals surface area contributed by atoms with E-state index in [-0.39, 0.29) is 11.7 Å². The molecule has 3 N–H and O–H groups in total. The number of nitrogens with two attached hydrogens (primary N) is 1. The Morgan fingerprint density at radius 1 is 1.24 bits per heavy atom. The number of aryl methyl sites for hydroxylation is 2. The highest BCUT2D eigenvalue weighted by atomic mass is 32.2. The summed E-state index contributed by atoms with van der Waals surface area (Å²) in [7, 11) is 0. The van der Waals surface area contributed by atoms with Gasteiger partial charge >= 0.3 is 0 Å². The summed E-state index contributed by atoms with van der Waals surface area (Å²) in [5.74, 6) is -0.267. The Bertz CT molecular complexity index is 700. The molecule has 0 saturated carbocycles. The van der Waals surface area contributed by atoms with Crippen LogP contribution < -0.4 is 5.73 Å². The molecule has 2 aromatic rings. The molecule has 0 radical (unpaired) electrons. The molecule has 3 rings (SSSR count). The van der Waals surface area contributed by atoms with Crippen molar-refractivity contribution in [2.24, 2.45) is 5.73 Å². The van der Waals surface area contributed by atoms with Crippen LogP contribution in [0.5, 0.6) is 0 Å². The van der Waals surface area contributed by atoms with Crippen molar-refractivity contribution in [2.45, 2.75) is 35.6 Å². The van der Waals surface area contributed by atoms with Crippen molar-refractivity contribution in [3.05, 3.63) is 53.0 Å². The Hall–Kier alpha value is -1.88. The van der Waals surface area contributed by atoms with E-state index >= 15 is 0 Å². The first kappa shape index (κ1) is 14.1. The van der Waals surface area contributed by atoms with Crippen LogP contribution in [-0.4, -0.2) is 10.8 Å². The average Bonchev–Trinajstić information content (AvgIpc) is 2.46. The van der Waals surface area contributed by atoms with E-state index in [1.54, 1.807) is 6.07 Å². The number of nitrogens with zero attached hydrogens (tertiary/aromatic N) is 1. The van der Waals surface area contributed by atoms with Gasteiger partial charge < -0.3 is 5.73 Å². The van der Waals surface area contributed by atoms with E-state index in [0.717, 1.165) is 36.3 Å². The minimum absolute atomic E-state index is 0.00905. The van der Waals surface area contributed by atoms with Gasteiger partial charge in [0.15, 0.2) is 0 Å². The summed E-state index contributed by atoms with van der Waals surface area (Å²) in [6.07, 6.45) is 4.25. The van der Waals surface area contributed by atoms with Crippen LogP contribution in [0.3, 0.4) is 0 Å². The molecule has 3 nitrogen and oxygen atoms in total. The summed E-state index contributed by atoms with van der Waals surface area (Å²) in [5.41, 5.74) is 8.61. The maximum absolute atomic E-state index is 13.3. The molecule has 1 aromatic heterocycles. The van der Waals surface area contributed by atoms with E-state index in [0.29, 0.717) is 10.6 Å². The Balaban J connectivity index is 2.01.